The molecule has 0 atom stereocenters. The summed E-state index contributed by atoms with van der Waals surface area (Å²) in [7, 11) is 2.84. The van der Waals surface area contributed by atoms with Gasteiger partial charge in [-0.1, -0.05) is 6.07 Å². The smallest absolute Gasteiger partial charge is 0.341 e. The number of methoxy groups -OCH3 is 2. The molecule has 1 aliphatic rings. The van der Waals surface area contributed by atoms with Crippen molar-refractivity contribution >= 4 is 17.8 Å². The number of rotatable bonds is 4. The lowest BCUT2D eigenvalue weighted by Crippen LogP contribution is -2.26. The Morgan fingerprint density at radius 1 is 1.07 bits per heavy atom. The highest BCUT2D eigenvalue weighted by atomic mass is 16.5. The Balaban J connectivity index is 1.97. The van der Waals surface area contributed by atoms with Crippen LogP contribution in [0.2, 0.25) is 0 Å². The highest BCUT2D eigenvalue weighted by Crippen LogP contribution is 2.39. The number of imidazole rings is 1. The number of aromatic nitrogens is 3. The Morgan fingerprint density at radius 3 is 2.53 bits per heavy atom. The van der Waals surface area contributed by atoms with Gasteiger partial charge < -0.3 is 14.0 Å². The summed E-state index contributed by atoms with van der Waals surface area (Å²) in [5, 5.41) is 0. The van der Waals surface area contributed by atoms with E-state index in [2.05, 4.69) is 4.98 Å². The number of benzene rings is 1. The van der Waals surface area contributed by atoms with Crippen LogP contribution in [0.25, 0.3) is 22.6 Å². The van der Waals surface area contributed by atoms with Crippen LogP contribution >= 0.6 is 0 Å². The van der Waals surface area contributed by atoms with Crippen LogP contribution in [0, 0.1) is 6.92 Å². The highest BCUT2D eigenvalue weighted by molar-refractivity contribution is 5.96. The molecule has 154 valence electrons. The fraction of sp³-hybridized carbons (Fsp3) is 0.273. The molecule has 0 N–H and O–H groups in total. The zero-order valence-electron chi connectivity index (χ0n) is 17.3. The average molecular weight is 406 g/mol. The first kappa shape index (κ1) is 19.6. The monoisotopic (exact) mass is 406 g/mol. The summed E-state index contributed by atoms with van der Waals surface area (Å²) < 4.78 is 12.2. The number of amides is 1. The molecule has 0 unspecified atom stereocenters. The van der Waals surface area contributed by atoms with Crippen LogP contribution in [-0.4, -0.2) is 47.2 Å². The minimum atomic E-state index is -0.490. The van der Waals surface area contributed by atoms with E-state index in [0.29, 0.717) is 41.7 Å². The van der Waals surface area contributed by atoms with Crippen molar-refractivity contribution in [2.75, 3.05) is 25.7 Å². The van der Waals surface area contributed by atoms with Crippen molar-refractivity contribution in [2.45, 2.75) is 20.4 Å². The summed E-state index contributed by atoms with van der Waals surface area (Å²) >= 11 is 0. The summed E-state index contributed by atoms with van der Waals surface area (Å²) in [5.41, 5.74) is 4.09. The van der Waals surface area contributed by atoms with Gasteiger partial charge in [0.2, 0.25) is 11.9 Å². The van der Waals surface area contributed by atoms with Gasteiger partial charge in [0.05, 0.1) is 25.6 Å². The number of esters is 1. The molecule has 0 spiro atoms. The van der Waals surface area contributed by atoms with E-state index in [1.54, 1.807) is 17.0 Å². The molecule has 0 aliphatic carbocycles. The molecular formula is C22H22N4O4. The SMILES string of the molecule is COC(=O)c1cc(-c2c(-c3cccc(C)n3)nc3n2CCN3C(C)=O)ccc1OC. The van der Waals surface area contributed by atoms with Gasteiger partial charge in [-0.2, -0.15) is 0 Å². The number of ether oxygens (including phenoxy) is 2. The highest BCUT2D eigenvalue weighted by Gasteiger charge is 2.31. The van der Waals surface area contributed by atoms with Crippen molar-refractivity contribution in [1.29, 1.82) is 0 Å². The molecule has 1 aliphatic heterocycles. The van der Waals surface area contributed by atoms with E-state index in [9.17, 15) is 9.59 Å². The maximum Gasteiger partial charge on any atom is 0.341 e. The predicted octanol–water partition coefficient (Wildman–Crippen LogP) is 3.08. The summed E-state index contributed by atoms with van der Waals surface area (Å²) in [4.78, 5) is 35.4. The van der Waals surface area contributed by atoms with Crippen LogP contribution in [-0.2, 0) is 16.1 Å². The largest absolute Gasteiger partial charge is 0.496 e. The number of nitrogens with zero attached hydrogens (tertiary/aromatic N) is 4. The minimum Gasteiger partial charge on any atom is -0.496 e. The maximum atomic E-state index is 12.3. The van der Waals surface area contributed by atoms with Crippen LogP contribution in [0.4, 0.5) is 5.95 Å². The Labute approximate surface area is 174 Å². The molecule has 8 nitrogen and oxygen atoms in total. The van der Waals surface area contributed by atoms with Gasteiger partial charge in [0.25, 0.3) is 0 Å². The third kappa shape index (κ3) is 3.20. The van der Waals surface area contributed by atoms with Crippen LogP contribution in [0.1, 0.15) is 23.0 Å². The van der Waals surface area contributed by atoms with Crippen molar-refractivity contribution in [3.8, 4) is 28.4 Å². The Bertz CT molecular complexity index is 1150. The van der Waals surface area contributed by atoms with Gasteiger partial charge >= 0.3 is 5.97 Å². The van der Waals surface area contributed by atoms with Crippen LogP contribution in [0.15, 0.2) is 36.4 Å². The van der Waals surface area contributed by atoms with Crippen molar-refractivity contribution in [2.24, 2.45) is 0 Å². The molecule has 0 fully saturated rings. The van der Waals surface area contributed by atoms with Crippen molar-refractivity contribution in [1.82, 2.24) is 14.5 Å². The predicted molar refractivity (Wildman–Crippen MR) is 112 cm³/mol. The second-order valence-electron chi connectivity index (χ2n) is 7.00. The fourth-order valence-electron chi connectivity index (χ4n) is 3.73. The first-order valence-electron chi connectivity index (χ1n) is 9.54. The minimum absolute atomic E-state index is 0.0703. The molecular weight excluding hydrogens is 384 g/mol. The van der Waals surface area contributed by atoms with E-state index in [1.807, 2.05) is 35.8 Å². The van der Waals surface area contributed by atoms with Gasteiger partial charge in [-0.15, -0.1) is 0 Å². The normalized spacial score (nSPS) is 12.6. The summed E-state index contributed by atoms with van der Waals surface area (Å²) in [6, 6.07) is 11.0. The Hall–Kier alpha value is -3.68. The number of carbonyl (C=O) groups excluding carboxylic acids is 2. The third-order valence-electron chi connectivity index (χ3n) is 5.13. The van der Waals surface area contributed by atoms with E-state index in [-0.39, 0.29) is 5.91 Å². The molecule has 2 aromatic heterocycles. The molecule has 3 aromatic rings. The van der Waals surface area contributed by atoms with Gasteiger partial charge in [0, 0.05) is 31.3 Å². The number of hydrogen-bond acceptors (Lipinski definition) is 6. The summed E-state index contributed by atoms with van der Waals surface area (Å²) in [5.74, 6) is 0.438. The standard InChI is InChI=1S/C22H22N4O4/c1-13-6-5-7-17(23-13)19-20(26-11-10-25(14(2)27)22(26)24-19)15-8-9-18(29-3)16(12-15)21(28)30-4/h5-9,12H,10-11H2,1-4H3. The number of aryl methyl sites for hydroxylation is 1. The summed E-state index contributed by atoms with van der Waals surface area (Å²) in [6.45, 7) is 4.59. The molecule has 0 bridgehead atoms. The summed E-state index contributed by atoms with van der Waals surface area (Å²) in [6.07, 6.45) is 0. The zero-order chi connectivity index (χ0) is 21.4. The molecule has 1 amide bonds. The quantitative estimate of drug-likeness (QED) is 0.619. The van der Waals surface area contributed by atoms with Crippen molar-refractivity contribution in [3.05, 3.63) is 47.7 Å². The molecule has 30 heavy (non-hydrogen) atoms. The second kappa shape index (κ2) is 7.62. The van der Waals surface area contributed by atoms with Gasteiger partial charge in [-0.3, -0.25) is 14.7 Å². The topological polar surface area (TPSA) is 86.5 Å². The molecule has 3 heterocycles. The van der Waals surface area contributed by atoms with E-state index in [4.69, 9.17) is 14.5 Å². The Kier molecular flexibility index (Phi) is 4.99. The van der Waals surface area contributed by atoms with E-state index in [0.717, 1.165) is 17.0 Å². The van der Waals surface area contributed by atoms with E-state index >= 15 is 0 Å². The second-order valence-corrected chi connectivity index (χ2v) is 7.00. The third-order valence-corrected chi connectivity index (χ3v) is 5.13. The van der Waals surface area contributed by atoms with Crippen LogP contribution < -0.4 is 9.64 Å². The first-order valence-corrected chi connectivity index (χ1v) is 9.54. The number of carbonyl (C=O) groups is 2. The lowest BCUT2D eigenvalue weighted by atomic mass is 10.0. The van der Waals surface area contributed by atoms with Gasteiger partial charge in [-0.25, -0.2) is 9.78 Å². The van der Waals surface area contributed by atoms with Crippen LogP contribution in [0.5, 0.6) is 5.75 Å². The molecule has 0 saturated carbocycles. The molecule has 1 aromatic carbocycles. The van der Waals surface area contributed by atoms with Crippen molar-refractivity contribution in [3.63, 3.8) is 0 Å². The van der Waals surface area contributed by atoms with Crippen LogP contribution in [0.3, 0.4) is 0 Å². The first-order chi connectivity index (χ1) is 14.4. The number of anilines is 1. The maximum absolute atomic E-state index is 12.3. The molecule has 8 heteroatoms. The molecule has 0 saturated heterocycles. The van der Waals surface area contributed by atoms with E-state index < -0.39 is 5.97 Å². The van der Waals surface area contributed by atoms with Gasteiger partial charge in [-0.05, 0) is 37.3 Å². The molecule has 0 radical (unpaired) electrons. The average Bonchev–Trinajstić information content (AvgIpc) is 3.32. The lowest BCUT2D eigenvalue weighted by molar-refractivity contribution is -0.116. The molecule has 4 rings (SSSR count). The zero-order valence-corrected chi connectivity index (χ0v) is 17.3. The Morgan fingerprint density at radius 2 is 1.87 bits per heavy atom. The van der Waals surface area contributed by atoms with Crippen molar-refractivity contribution < 1.29 is 19.1 Å². The van der Waals surface area contributed by atoms with E-state index in [1.165, 1.54) is 21.1 Å². The fourth-order valence-corrected chi connectivity index (χ4v) is 3.73. The number of pyridine rings is 1. The van der Waals surface area contributed by atoms with Gasteiger partial charge in [0.1, 0.15) is 17.0 Å². The number of hydrogen-bond donors (Lipinski definition) is 0. The lowest BCUT2D eigenvalue weighted by Gasteiger charge is -2.12. The number of fused-ring (bicyclic) bond motifs is 1. The van der Waals surface area contributed by atoms with Gasteiger partial charge in [0.15, 0.2) is 0 Å².